The number of hydrogen-bond donors (Lipinski definition) is 1. The number of pyridine rings is 1. The van der Waals surface area contributed by atoms with Gasteiger partial charge in [-0.1, -0.05) is 6.07 Å². The van der Waals surface area contributed by atoms with E-state index in [1.165, 1.54) is 6.07 Å². The van der Waals surface area contributed by atoms with Crippen molar-refractivity contribution in [2.24, 2.45) is 0 Å². The predicted molar refractivity (Wildman–Crippen MR) is 104 cm³/mol. The number of benzene rings is 1. The van der Waals surface area contributed by atoms with Crippen LogP contribution in [0.3, 0.4) is 0 Å². The van der Waals surface area contributed by atoms with Gasteiger partial charge in [0.1, 0.15) is 5.82 Å². The summed E-state index contributed by atoms with van der Waals surface area (Å²) >= 11 is 0. The van der Waals surface area contributed by atoms with Crippen LogP contribution in [0, 0.1) is 28.4 Å². The highest BCUT2D eigenvalue weighted by Gasteiger charge is 2.20. The zero-order chi connectivity index (χ0) is 20.1. The van der Waals surface area contributed by atoms with E-state index in [0.29, 0.717) is 43.0 Å². The molecule has 1 fully saturated rings. The van der Waals surface area contributed by atoms with Gasteiger partial charge >= 0.3 is 0 Å². The standard InChI is InChI=1S/C19H20N6O3/c1-14-2-3-16(11-17(14)25(27)28)22-19(26)13-23-6-8-24(9-7-23)18-10-15(12-20)4-5-21-18/h2-5,10-11H,6-9,13H2,1H3,(H,22,26). The second-order valence-electron chi connectivity index (χ2n) is 6.58. The van der Waals surface area contributed by atoms with Gasteiger partial charge in [0.15, 0.2) is 0 Å². The first kappa shape index (κ1) is 19.3. The number of hydrogen-bond acceptors (Lipinski definition) is 7. The number of aromatic nitrogens is 1. The van der Waals surface area contributed by atoms with Gasteiger partial charge in [0.05, 0.1) is 23.1 Å². The van der Waals surface area contributed by atoms with Crippen molar-refractivity contribution in [2.75, 3.05) is 42.9 Å². The van der Waals surface area contributed by atoms with Gasteiger partial charge in [-0.2, -0.15) is 5.26 Å². The summed E-state index contributed by atoms with van der Waals surface area (Å²) in [4.78, 5) is 31.3. The van der Waals surface area contributed by atoms with Crippen molar-refractivity contribution in [3.05, 3.63) is 57.8 Å². The molecule has 1 amide bonds. The molecule has 9 heteroatoms. The summed E-state index contributed by atoms with van der Waals surface area (Å²) in [6.45, 7) is 4.63. The quantitative estimate of drug-likeness (QED) is 0.622. The monoisotopic (exact) mass is 380 g/mol. The van der Waals surface area contributed by atoms with Crippen molar-refractivity contribution >= 4 is 23.1 Å². The van der Waals surface area contributed by atoms with E-state index in [0.717, 1.165) is 5.82 Å². The normalized spacial score (nSPS) is 14.4. The van der Waals surface area contributed by atoms with Gasteiger partial charge in [0, 0.05) is 49.7 Å². The predicted octanol–water partition coefficient (Wildman–Crippen LogP) is 1.93. The van der Waals surface area contributed by atoms with E-state index >= 15 is 0 Å². The van der Waals surface area contributed by atoms with Gasteiger partial charge in [-0.05, 0) is 25.1 Å². The number of nitro benzene ring substituents is 1. The first-order valence-corrected chi connectivity index (χ1v) is 8.84. The van der Waals surface area contributed by atoms with E-state index in [1.54, 1.807) is 37.4 Å². The Kier molecular flexibility index (Phi) is 5.81. The van der Waals surface area contributed by atoms with Crippen LogP contribution in [0.25, 0.3) is 0 Å². The molecule has 3 rings (SSSR count). The second-order valence-corrected chi connectivity index (χ2v) is 6.58. The zero-order valence-corrected chi connectivity index (χ0v) is 15.5. The fourth-order valence-electron chi connectivity index (χ4n) is 3.08. The molecule has 144 valence electrons. The minimum atomic E-state index is -0.459. The number of nitro groups is 1. The number of carbonyl (C=O) groups excluding carboxylic acids is 1. The molecule has 1 saturated heterocycles. The van der Waals surface area contributed by atoms with E-state index in [-0.39, 0.29) is 18.1 Å². The minimum Gasteiger partial charge on any atom is -0.354 e. The number of piperazine rings is 1. The third kappa shape index (κ3) is 4.61. The fourth-order valence-corrected chi connectivity index (χ4v) is 3.08. The summed E-state index contributed by atoms with van der Waals surface area (Å²) in [5, 5.41) is 22.7. The molecule has 0 aliphatic carbocycles. The molecule has 1 aliphatic heterocycles. The smallest absolute Gasteiger partial charge is 0.274 e. The van der Waals surface area contributed by atoms with Crippen LogP contribution in [-0.4, -0.2) is 53.4 Å². The number of amides is 1. The maximum atomic E-state index is 12.3. The van der Waals surface area contributed by atoms with Crippen LogP contribution < -0.4 is 10.2 Å². The molecule has 0 atom stereocenters. The Bertz CT molecular complexity index is 932. The van der Waals surface area contributed by atoms with Crippen LogP contribution >= 0.6 is 0 Å². The van der Waals surface area contributed by atoms with Crippen LogP contribution in [0.5, 0.6) is 0 Å². The average Bonchev–Trinajstić information content (AvgIpc) is 2.70. The van der Waals surface area contributed by atoms with Gasteiger partial charge < -0.3 is 10.2 Å². The maximum Gasteiger partial charge on any atom is 0.274 e. The molecule has 1 N–H and O–H groups in total. The van der Waals surface area contributed by atoms with E-state index < -0.39 is 4.92 Å². The number of nitrogens with zero attached hydrogens (tertiary/aromatic N) is 5. The summed E-state index contributed by atoms with van der Waals surface area (Å²) in [5.74, 6) is 0.548. The van der Waals surface area contributed by atoms with Gasteiger partial charge in [0.25, 0.3) is 5.69 Å². The second kappa shape index (κ2) is 8.45. The summed E-state index contributed by atoms with van der Waals surface area (Å²) in [6.07, 6.45) is 1.62. The summed E-state index contributed by atoms with van der Waals surface area (Å²) < 4.78 is 0. The largest absolute Gasteiger partial charge is 0.354 e. The Hall–Kier alpha value is -3.51. The summed E-state index contributed by atoms with van der Waals surface area (Å²) in [5.41, 5.74) is 1.52. The lowest BCUT2D eigenvalue weighted by Crippen LogP contribution is -2.48. The van der Waals surface area contributed by atoms with Gasteiger partial charge in [-0.15, -0.1) is 0 Å². The topological polar surface area (TPSA) is 115 Å². The van der Waals surface area contributed by atoms with Gasteiger partial charge in [-0.25, -0.2) is 4.98 Å². The molecular weight excluding hydrogens is 360 g/mol. The molecule has 0 unspecified atom stereocenters. The van der Waals surface area contributed by atoms with Gasteiger partial charge in [-0.3, -0.25) is 19.8 Å². The fraction of sp³-hybridized carbons (Fsp3) is 0.316. The highest BCUT2D eigenvalue weighted by atomic mass is 16.6. The van der Waals surface area contributed by atoms with E-state index in [4.69, 9.17) is 5.26 Å². The highest BCUT2D eigenvalue weighted by Crippen LogP contribution is 2.22. The van der Waals surface area contributed by atoms with Crippen LogP contribution in [0.2, 0.25) is 0 Å². The van der Waals surface area contributed by atoms with E-state index in [9.17, 15) is 14.9 Å². The van der Waals surface area contributed by atoms with Crippen molar-refractivity contribution in [2.45, 2.75) is 6.92 Å². The van der Waals surface area contributed by atoms with Crippen molar-refractivity contribution in [1.29, 1.82) is 5.26 Å². The lowest BCUT2D eigenvalue weighted by molar-refractivity contribution is -0.385. The van der Waals surface area contributed by atoms with E-state index in [2.05, 4.69) is 21.3 Å². The van der Waals surface area contributed by atoms with Crippen LogP contribution in [0.4, 0.5) is 17.2 Å². The number of nitriles is 1. The first-order valence-electron chi connectivity index (χ1n) is 8.84. The molecule has 28 heavy (non-hydrogen) atoms. The molecule has 0 spiro atoms. The lowest BCUT2D eigenvalue weighted by atomic mass is 10.2. The minimum absolute atomic E-state index is 0.0153. The highest BCUT2D eigenvalue weighted by molar-refractivity contribution is 5.92. The van der Waals surface area contributed by atoms with Crippen LogP contribution in [0.15, 0.2) is 36.5 Å². The molecule has 1 aliphatic rings. The molecular formula is C19H20N6O3. The molecule has 1 aromatic heterocycles. The number of rotatable bonds is 5. The van der Waals surface area contributed by atoms with Crippen molar-refractivity contribution in [3.8, 4) is 6.07 Å². The van der Waals surface area contributed by atoms with E-state index in [1.807, 2.05) is 4.90 Å². The van der Waals surface area contributed by atoms with Crippen molar-refractivity contribution in [3.63, 3.8) is 0 Å². The number of aryl methyl sites for hydroxylation is 1. The third-order valence-electron chi connectivity index (χ3n) is 4.63. The molecule has 0 bridgehead atoms. The average molecular weight is 380 g/mol. The van der Waals surface area contributed by atoms with Gasteiger partial charge in [0.2, 0.25) is 5.91 Å². The Morgan fingerprint density at radius 1 is 1.29 bits per heavy atom. The summed E-state index contributed by atoms with van der Waals surface area (Å²) in [6, 6.07) is 10.2. The first-order chi connectivity index (χ1) is 13.5. The van der Waals surface area contributed by atoms with Crippen LogP contribution in [-0.2, 0) is 4.79 Å². The maximum absolute atomic E-state index is 12.3. The molecule has 2 aromatic rings. The zero-order valence-electron chi connectivity index (χ0n) is 15.5. The molecule has 2 heterocycles. The number of nitrogens with one attached hydrogen (secondary N) is 1. The molecule has 0 saturated carbocycles. The Balaban J connectivity index is 1.53. The Labute approximate surface area is 162 Å². The third-order valence-corrected chi connectivity index (χ3v) is 4.63. The summed E-state index contributed by atoms with van der Waals surface area (Å²) in [7, 11) is 0. The number of anilines is 2. The van der Waals surface area contributed by atoms with Crippen molar-refractivity contribution < 1.29 is 9.72 Å². The Morgan fingerprint density at radius 3 is 2.71 bits per heavy atom. The molecule has 1 aromatic carbocycles. The lowest BCUT2D eigenvalue weighted by Gasteiger charge is -2.35. The van der Waals surface area contributed by atoms with Crippen molar-refractivity contribution in [1.82, 2.24) is 9.88 Å². The SMILES string of the molecule is Cc1ccc(NC(=O)CN2CCN(c3cc(C#N)ccn3)CC2)cc1[N+](=O)[O-]. The molecule has 0 radical (unpaired) electrons. The molecule has 9 nitrogen and oxygen atoms in total. The number of carbonyl (C=O) groups is 1. The van der Waals surface area contributed by atoms with Crippen LogP contribution in [0.1, 0.15) is 11.1 Å². The Morgan fingerprint density at radius 2 is 2.04 bits per heavy atom.